The molecule has 1 aromatic carbocycles. The monoisotopic (exact) mass is 382 g/mol. The lowest BCUT2D eigenvalue weighted by atomic mass is 10.0. The van der Waals surface area contributed by atoms with Gasteiger partial charge in [0.2, 0.25) is 0 Å². The molecule has 1 atom stereocenters. The molecule has 1 fully saturated rings. The van der Waals surface area contributed by atoms with Gasteiger partial charge in [0.15, 0.2) is 0 Å². The fourth-order valence-corrected chi connectivity index (χ4v) is 4.17. The van der Waals surface area contributed by atoms with Crippen LogP contribution in [0.4, 0.5) is 0 Å². The van der Waals surface area contributed by atoms with Crippen LogP contribution in [-0.2, 0) is 0 Å². The first-order valence-electron chi connectivity index (χ1n) is 7.25. The van der Waals surface area contributed by atoms with E-state index in [1.807, 2.05) is 6.07 Å². The van der Waals surface area contributed by atoms with Crippen molar-refractivity contribution in [2.24, 2.45) is 0 Å². The van der Waals surface area contributed by atoms with E-state index >= 15 is 0 Å². The predicted molar refractivity (Wildman–Crippen MR) is 93.0 cm³/mol. The van der Waals surface area contributed by atoms with E-state index in [1.54, 1.807) is 24.5 Å². The van der Waals surface area contributed by atoms with E-state index < -0.39 is 0 Å². The molecule has 22 heavy (non-hydrogen) atoms. The molecular weight excluding hydrogens is 364 g/mol. The average molecular weight is 383 g/mol. The molecule has 3 rings (SSSR count). The maximum atomic E-state index is 10.6. The van der Waals surface area contributed by atoms with E-state index in [2.05, 4.69) is 43.7 Å². The standard InChI is InChI=1S/C16H19BrN2O2S/c1-21-11-9-12(16(20)13(17)10-11)15(14-3-2-8-22-14)19-6-4-18-5-7-19/h2-3,8-10,15,18,20H,4-7H2,1H3/t15-/m1/s1. The number of ether oxygens (including phenoxy) is 1. The smallest absolute Gasteiger partial charge is 0.135 e. The quantitative estimate of drug-likeness (QED) is 0.851. The van der Waals surface area contributed by atoms with Gasteiger partial charge in [-0.1, -0.05) is 6.07 Å². The Morgan fingerprint density at radius 3 is 2.77 bits per heavy atom. The maximum Gasteiger partial charge on any atom is 0.135 e. The first-order valence-corrected chi connectivity index (χ1v) is 8.92. The lowest BCUT2D eigenvalue weighted by molar-refractivity contribution is 0.197. The lowest BCUT2D eigenvalue weighted by Gasteiger charge is -2.35. The van der Waals surface area contributed by atoms with Gasteiger partial charge in [0.1, 0.15) is 11.5 Å². The highest BCUT2D eigenvalue weighted by atomic mass is 79.9. The van der Waals surface area contributed by atoms with Crippen molar-refractivity contribution in [2.45, 2.75) is 6.04 Å². The summed E-state index contributed by atoms with van der Waals surface area (Å²) >= 11 is 5.15. The number of phenols is 1. The minimum atomic E-state index is 0.0495. The van der Waals surface area contributed by atoms with E-state index in [0.29, 0.717) is 4.47 Å². The van der Waals surface area contributed by atoms with Crippen molar-refractivity contribution in [3.05, 3.63) is 44.6 Å². The number of nitrogens with zero attached hydrogens (tertiary/aromatic N) is 1. The Kier molecular flexibility index (Phi) is 5.03. The van der Waals surface area contributed by atoms with Crippen LogP contribution >= 0.6 is 27.3 Å². The number of hydrogen-bond donors (Lipinski definition) is 2. The summed E-state index contributed by atoms with van der Waals surface area (Å²) in [7, 11) is 1.65. The van der Waals surface area contributed by atoms with Crippen molar-refractivity contribution in [3.8, 4) is 11.5 Å². The summed E-state index contributed by atoms with van der Waals surface area (Å²) in [4.78, 5) is 3.64. The average Bonchev–Trinajstić information content (AvgIpc) is 3.06. The van der Waals surface area contributed by atoms with E-state index in [-0.39, 0.29) is 11.8 Å². The van der Waals surface area contributed by atoms with Crippen LogP contribution < -0.4 is 10.1 Å². The van der Waals surface area contributed by atoms with Gasteiger partial charge in [-0.15, -0.1) is 11.3 Å². The third-order valence-corrected chi connectivity index (χ3v) is 5.46. The Morgan fingerprint density at radius 1 is 1.36 bits per heavy atom. The largest absolute Gasteiger partial charge is 0.506 e. The number of rotatable bonds is 4. The van der Waals surface area contributed by atoms with Gasteiger partial charge >= 0.3 is 0 Å². The van der Waals surface area contributed by atoms with Crippen molar-refractivity contribution in [1.82, 2.24) is 10.2 Å². The molecule has 2 N–H and O–H groups in total. The first kappa shape index (κ1) is 15.8. The molecule has 2 heterocycles. The van der Waals surface area contributed by atoms with Gasteiger partial charge < -0.3 is 15.2 Å². The minimum absolute atomic E-state index is 0.0495. The molecule has 1 aliphatic rings. The van der Waals surface area contributed by atoms with Crippen molar-refractivity contribution < 1.29 is 9.84 Å². The molecule has 0 unspecified atom stereocenters. The molecule has 0 aliphatic carbocycles. The SMILES string of the molecule is COc1cc(Br)c(O)c([C@H](c2cccs2)N2CCNCC2)c1. The number of benzene rings is 1. The van der Waals surface area contributed by atoms with Crippen molar-refractivity contribution in [2.75, 3.05) is 33.3 Å². The Balaban J connectivity index is 2.07. The number of halogens is 1. The first-order chi connectivity index (χ1) is 10.7. The van der Waals surface area contributed by atoms with Crippen LogP contribution in [0, 0.1) is 0 Å². The van der Waals surface area contributed by atoms with Crippen LogP contribution in [0.1, 0.15) is 16.5 Å². The molecule has 0 bridgehead atoms. The normalized spacial score (nSPS) is 17.4. The highest BCUT2D eigenvalue weighted by molar-refractivity contribution is 9.10. The van der Waals surface area contributed by atoms with E-state index in [9.17, 15) is 5.11 Å². The maximum absolute atomic E-state index is 10.6. The summed E-state index contributed by atoms with van der Waals surface area (Å²) in [5, 5.41) is 16.0. The topological polar surface area (TPSA) is 44.7 Å². The molecular formula is C16H19BrN2O2S. The molecule has 0 saturated carbocycles. The number of hydrogen-bond acceptors (Lipinski definition) is 5. The second kappa shape index (κ2) is 7.00. The summed E-state index contributed by atoms with van der Waals surface area (Å²) < 4.78 is 6.04. The molecule has 0 amide bonds. The number of thiophene rings is 1. The highest BCUT2D eigenvalue weighted by Crippen LogP contribution is 2.42. The van der Waals surface area contributed by atoms with Gasteiger partial charge in [0.05, 0.1) is 17.6 Å². The molecule has 2 aromatic rings. The zero-order valence-corrected chi connectivity index (χ0v) is 14.8. The van der Waals surface area contributed by atoms with Crippen LogP contribution in [-0.4, -0.2) is 43.3 Å². The van der Waals surface area contributed by atoms with Crippen LogP contribution in [0.15, 0.2) is 34.1 Å². The van der Waals surface area contributed by atoms with Gasteiger partial charge in [-0.3, -0.25) is 4.90 Å². The third kappa shape index (κ3) is 3.15. The van der Waals surface area contributed by atoms with Crippen LogP contribution in [0.2, 0.25) is 0 Å². The second-order valence-corrected chi connectivity index (χ2v) is 7.08. The predicted octanol–water partition coefficient (Wildman–Crippen LogP) is 3.22. The van der Waals surface area contributed by atoms with Gasteiger partial charge in [-0.2, -0.15) is 0 Å². The van der Waals surface area contributed by atoms with Crippen molar-refractivity contribution >= 4 is 27.3 Å². The lowest BCUT2D eigenvalue weighted by Crippen LogP contribution is -2.45. The van der Waals surface area contributed by atoms with E-state index in [4.69, 9.17) is 4.74 Å². The van der Waals surface area contributed by atoms with Crippen LogP contribution in [0.5, 0.6) is 11.5 Å². The van der Waals surface area contributed by atoms with E-state index in [0.717, 1.165) is 37.5 Å². The van der Waals surface area contributed by atoms with Crippen molar-refractivity contribution in [3.63, 3.8) is 0 Å². The van der Waals surface area contributed by atoms with Gasteiger partial charge in [-0.25, -0.2) is 0 Å². The second-order valence-electron chi connectivity index (χ2n) is 5.25. The Hall–Kier alpha value is -1.08. The Bertz CT molecular complexity index is 627. The summed E-state index contributed by atoms with van der Waals surface area (Å²) in [5.74, 6) is 1.04. The van der Waals surface area contributed by atoms with E-state index in [1.165, 1.54) is 4.88 Å². The molecule has 118 valence electrons. The number of phenolic OH excluding ortho intramolecular Hbond substituents is 1. The molecule has 0 spiro atoms. The molecule has 0 radical (unpaired) electrons. The van der Waals surface area contributed by atoms with Crippen molar-refractivity contribution in [1.29, 1.82) is 0 Å². The zero-order chi connectivity index (χ0) is 15.5. The van der Waals surface area contributed by atoms with Gasteiger partial charge in [0.25, 0.3) is 0 Å². The summed E-state index contributed by atoms with van der Waals surface area (Å²) in [6.45, 7) is 3.84. The Morgan fingerprint density at radius 2 is 2.14 bits per heavy atom. The Labute approximate surface area is 142 Å². The minimum Gasteiger partial charge on any atom is -0.506 e. The molecule has 1 aliphatic heterocycles. The number of nitrogens with one attached hydrogen (secondary N) is 1. The molecule has 1 aromatic heterocycles. The van der Waals surface area contributed by atoms with Crippen LogP contribution in [0.3, 0.4) is 0 Å². The summed E-state index contributed by atoms with van der Waals surface area (Å²) in [5.41, 5.74) is 0.885. The summed E-state index contributed by atoms with van der Waals surface area (Å²) in [6, 6.07) is 7.97. The molecule has 6 heteroatoms. The zero-order valence-electron chi connectivity index (χ0n) is 12.4. The number of aromatic hydroxyl groups is 1. The fourth-order valence-electron chi connectivity index (χ4n) is 2.84. The highest BCUT2D eigenvalue weighted by Gasteiger charge is 2.28. The number of methoxy groups -OCH3 is 1. The summed E-state index contributed by atoms with van der Waals surface area (Å²) in [6.07, 6.45) is 0. The third-order valence-electron chi connectivity index (χ3n) is 3.93. The fraction of sp³-hybridized carbons (Fsp3) is 0.375. The van der Waals surface area contributed by atoms with Gasteiger partial charge in [0, 0.05) is 36.6 Å². The van der Waals surface area contributed by atoms with Crippen LogP contribution in [0.25, 0.3) is 0 Å². The van der Waals surface area contributed by atoms with Gasteiger partial charge in [-0.05, 0) is 39.5 Å². The number of piperazine rings is 1. The molecule has 1 saturated heterocycles. The molecule has 4 nitrogen and oxygen atoms in total.